The molecule has 0 radical (unpaired) electrons. The summed E-state index contributed by atoms with van der Waals surface area (Å²) in [7, 11) is 1.10. The molecule has 0 aliphatic rings. The first-order chi connectivity index (χ1) is 13.5. The Morgan fingerprint density at radius 2 is 1.64 bits per heavy atom. The molecule has 9 heteroatoms. The third-order valence-corrected chi connectivity index (χ3v) is 3.91. The second-order valence-corrected chi connectivity index (χ2v) is 5.87. The number of aliphatic hydroxyl groups excluding tert-OH is 2. The van der Waals surface area contributed by atoms with Crippen LogP contribution in [-0.2, 0) is 19.1 Å². The average molecular weight is 390 g/mol. The van der Waals surface area contributed by atoms with Crippen molar-refractivity contribution in [1.29, 1.82) is 0 Å². The van der Waals surface area contributed by atoms with E-state index in [9.17, 15) is 19.5 Å². The van der Waals surface area contributed by atoms with E-state index in [1.165, 1.54) is 0 Å². The molecule has 0 heterocycles. The average Bonchev–Trinajstić information content (AvgIpc) is 2.73. The van der Waals surface area contributed by atoms with Crippen LogP contribution in [0.4, 0.5) is 0 Å². The van der Waals surface area contributed by atoms with Crippen molar-refractivity contribution >= 4 is 28.6 Å². The van der Waals surface area contributed by atoms with Crippen molar-refractivity contribution in [3.05, 3.63) is 42.5 Å². The fourth-order valence-electron chi connectivity index (χ4n) is 2.43. The number of hydrogen-bond donors (Lipinski definition) is 4. The second kappa shape index (κ2) is 10.2. The van der Waals surface area contributed by atoms with Gasteiger partial charge in [-0.15, -0.1) is 0 Å². The minimum absolute atomic E-state index is 0.372. The number of esters is 1. The Morgan fingerprint density at radius 3 is 2.29 bits per heavy atom. The number of hydrogen-bond acceptors (Lipinski definition) is 7. The van der Waals surface area contributed by atoms with Crippen molar-refractivity contribution in [3.63, 3.8) is 0 Å². The highest BCUT2D eigenvalue weighted by molar-refractivity contribution is 5.91. The van der Waals surface area contributed by atoms with Crippen molar-refractivity contribution in [1.82, 2.24) is 10.6 Å². The van der Waals surface area contributed by atoms with E-state index in [2.05, 4.69) is 15.4 Å². The normalized spacial score (nSPS) is 12.7. The van der Waals surface area contributed by atoms with Crippen LogP contribution >= 0.6 is 0 Å². The van der Waals surface area contributed by atoms with Crippen LogP contribution in [0, 0.1) is 0 Å². The maximum Gasteiger partial charge on any atom is 0.330 e. The van der Waals surface area contributed by atoms with Gasteiger partial charge in [-0.1, -0.05) is 30.3 Å². The minimum atomic E-state index is -1.31. The monoisotopic (exact) mass is 390 g/mol. The Bertz CT molecular complexity index is 840. The zero-order valence-electron chi connectivity index (χ0n) is 15.3. The molecule has 2 aromatic carbocycles. The standard InChI is InChI=1S/C19H22N2O7/c1-27-19(26)16(10-23)21-18(25)15(9-22)20-17(24)11-28-14-7-6-12-4-2-3-5-13(12)8-14/h2-8,15-16,22-23H,9-11H2,1H3,(H,20,24)(H,21,25)/t15-,16-/m0/s1. The van der Waals surface area contributed by atoms with Crippen LogP contribution < -0.4 is 15.4 Å². The Hall–Kier alpha value is -3.17. The van der Waals surface area contributed by atoms with Gasteiger partial charge in [0.15, 0.2) is 12.6 Å². The van der Waals surface area contributed by atoms with E-state index >= 15 is 0 Å². The summed E-state index contributed by atoms with van der Waals surface area (Å²) in [6, 6.07) is 10.4. The molecule has 0 spiro atoms. The van der Waals surface area contributed by atoms with Gasteiger partial charge in [0.05, 0.1) is 20.3 Å². The molecule has 0 fully saturated rings. The van der Waals surface area contributed by atoms with Gasteiger partial charge in [-0.2, -0.15) is 0 Å². The summed E-state index contributed by atoms with van der Waals surface area (Å²) in [6.45, 7) is -1.76. The lowest BCUT2D eigenvalue weighted by molar-refractivity contribution is -0.146. The SMILES string of the molecule is COC(=O)[C@H](CO)NC(=O)[C@H](CO)NC(=O)COc1ccc2ccccc2c1. The number of amides is 2. The first-order valence-electron chi connectivity index (χ1n) is 8.49. The predicted molar refractivity (Wildman–Crippen MR) is 99.5 cm³/mol. The zero-order valence-corrected chi connectivity index (χ0v) is 15.3. The number of aliphatic hydroxyl groups is 2. The topological polar surface area (TPSA) is 134 Å². The van der Waals surface area contributed by atoms with Gasteiger partial charge >= 0.3 is 5.97 Å². The van der Waals surface area contributed by atoms with Crippen molar-refractivity contribution in [2.75, 3.05) is 26.9 Å². The van der Waals surface area contributed by atoms with Gasteiger partial charge < -0.3 is 30.3 Å². The molecule has 4 N–H and O–H groups in total. The number of ether oxygens (including phenoxy) is 2. The largest absolute Gasteiger partial charge is 0.484 e. The van der Waals surface area contributed by atoms with Crippen LogP contribution in [0.1, 0.15) is 0 Å². The Kier molecular flexibility index (Phi) is 7.73. The third kappa shape index (κ3) is 5.66. The van der Waals surface area contributed by atoms with Crippen molar-refractivity contribution < 1.29 is 34.1 Å². The van der Waals surface area contributed by atoms with Crippen LogP contribution in [0.3, 0.4) is 0 Å². The van der Waals surface area contributed by atoms with Crippen molar-refractivity contribution in [3.8, 4) is 5.75 Å². The maximum absolute atomic E-state index is 12.1. The number of carbonyl (C=O) groups is 3. The van der Waals surface area contributed by atoms with Gasteiger partial charge in [0.2, 0.25) is 5.91 Å². The Morgan fingerprint density at radius 1 is 0.964 bits per heavy atom. The molecular formula is C19H22N2O7. The number of nitrogens with one attached hydrogen (secondary N) is 2. The third-order valence-electron chi connectivity index (χ3n) is 3.91. The summed E-state index contributed by atoms with van der Waals surface area (Å²) in [6.07, 6.45) is 0. The molecule has 0 saturated carbocycles. The molecule has 2 atom stereocenters. The van der Waals surface area contributed by atoms with E-state index < -0.39 is 43.1 Å². The number of rotatable bonds is 9. The smallest absolute Gasteiger partial charge is 0.330 e. The van der Waals surface area contributed by atoms with E-state index in [4.69, 9.17) is 9.84 Å². The molecule has 0 bridgehead atoms. The van der Waals surface area contributed by atoms with E-state index in [0.717, 1.165) is 17.9 Å². The molecule has 9 nitrogen and oxygen atoms in total. The van der Waals surface area contributed by atoms with Crippen LogP contribution in [0.25, 0.3) is 10.8 Å². The fraction of sp³-hybridized carbons (Fsp3) is 0.316. The number of methoxy groups -OCH3 is 1. The van der Waals surface area contributed by atoms with Crippen LogP contribution in [0.15, 0.2) is 42.5 Å². The summed E-state index contributed by atoms with van der Waals surface area (Å²) in [5.41, 5.74) is 0. The van der Waals surface area contributed by atoms with Crippen LogP contribution in [0.5, 0.6) is 5.75 Å². The highest BCUT2D eigenvalue weighted by atomic mass is 16.5. The highest BCUT2D eigenvalue weighted by Gasteiger charge is 2.26. The van der Waals surface area contributed by atoms with Gasteiger partial charge in [-0.05, 0) is 22.9 Å². The van der Waals surface area contributed by atoms with Gasteiger partial charge in [0.1, 0.15) is 11.8 Å². The van der Waals surface area contributed by atoms with Crippen LogP contribution in [0.2, 0.25) is 0 Å². The molecular weight excluding hydrogens is 368 g/mol. The van der Waals surface area contributed by atoms with Gasteiger partial charge in [0, 0.05) is 0 Å². The predicted octanol–water partition coefficient (Wildman–Crippen LogP) is -0.654. The maximum atomic E-state index is 12.1. The lowest BCUT2D eigenvalue weighted by Gasteiger charge is -2.19. The Balaban J connectivity index is 1.90. The minimum Gasteiger partial charge on any atom is -0.484 e. The van der Waals surface area contributed by atoms with Gasteiger partial charge in [-0.25, -0.2) is 4.79 Å². The summed E-state index contributed by atoms with van der Waals surface area (Å²) >= 11 is 0. The molecule has 0 saturated heterocycles. The zero-order chi connectivity index (χ0) is 20.5. The summed E-state index contributed by atoms with van der Waals surface area (Å²) in [5, 5.41) is 24.9. The molecule has 0 aromatic heterocycles. The van der Waals surface area contributed by atoms with Gasteiger partial charge in [-0.3, -0.25) is 9.59 Å². The summed E-state index contributed by atoms with van der Waals surface area (Å²) < 4.78 is 9.85. The number of carbonyl (C=O) groups excluding carboxylic acids is 3. The van der Waals surface area contributed by atoms with Gasteiger partial charge in [0.25, 0.3) is 5.91 Å². The van der Waals surface area contributed by atoms with Crippen LogP contribution in [-0.4, -0.2) is 67.0 Å². The second-order valence-electron chi connectivity index (χ2n) is 5.87. The molecule has 2 aromatic rings. The van der Waals surface area contributed by atoms with Crippen molar-refractivity contribution in [2.45, 2.75) is 12.1 Å². The quantitative estimate of drug-likeness (QED) is 0.418. The molecule has 0 aliphatic carbocycles. The van der Waals surface area contributed by atoms with E-state index in [1.807, 2.05) is 30.3 Å². The molecule has 0 aliphatic heterocycles. The summed E-state index contributed by atoms with van der Waals surface area (Å²) in [5.74, 6) is -1.85. The molecule has 2 amide bonds. The first kappa shape index (κ1) is 21.1. The van der Waals surface area contributed by atoms with E-state index in [0.29, 0.717) is 5.75 Å². The molecule has 150 valence electrons. The molecule has 28 heavy (non-hydrogen) atoms. The lowest BCUT2D eigenvalue weighted by atomic mass is 10.1. The molecule has 0 unspecified atom stereocenters. The van der Waals surface area contributed by atoms with Crippen molar-refractivity contribution in [2.24, 2.45) is 0 Å². The highest BCUT2D eigenvalue weighted by Crippen LogP contribution is 2.20. The lowest BCUT2D eigenvalue weighted by Crippen LogP contribution is -2.54. The summed E-state index contributed by atoms with van der Waals surface area (Å²) in [4.78, 5) is 35.5. The number of benzene rings is 2. The number of fused-ring (bicyclic) bond motifs is 1. The fourth-order valence-corrected chi connectivity index (χ4v) is 2.43. The van der Waals surface area contributed by atoms with E-state index in [1.54, 1.807) is 12.1 Å². The van der Waals surface area contributed by atoms with E-state index in [-0.39, 0.29) is 6.61 Å². The molecule has 2 rings (SSSR count). The Labute approximate surface area is 161 Å². The first-order valence-corrected chi connectivity index (χ1v) is 8.49.